The molecule has 0 aliphatic carbocycles. The van der Waals surface area contributed by atoms with Crippen LogP contribution in [0.4, 0.5) is 0 Å². The van der Waals surface area contributed by atoms with E-state index in [1.54, 1.807) is 4.68 Å². The predicted octanol–water partition coefficient (Wildman–Crippen LogP) is 0.417. The first-order chi connectivity index (χ1) is 13.4. The van der Waals surface area contributed by atoms with Gasteiger partial charge in [0.15, 0.2) is 12.0 Å². The zero-order valence-corrected chi connectivity index (χ0v) is 16.3. The highest BCUT2D eigenvalue weighted by Crippen LogP contribution is 2.42. The smallest absolute Gasteiger partial charge is 0.330 e. The average molecular weight is 412 g/mol. The monoisotopic (exact) mass is 411 g/mol. The second-order valence-electron chi connectivity index (χ2n) is 7.37. The van der Waals surface area contributed by atoms with Gasteiger partial charge in [-0.1, -0.05) is 5.21 Å². The summed E-state index contributed by atoms with van der Waals surface area (Å²) in [5, 5.41) is 8.28. The molecular weight excluding hydrogens is 390 g/mol. The Morgan fingerprint density at radius 1 is 1.29 bits per heavy atom. The van der Waals surface area contributed by atoms with Crippen LogP contribution in [0.5, 0.6) is 0 Å². The zero-order valence-electron chi connectivity index (χ0n) is 15.6. The quantitative estimate of drug-likeness (QED) is 0.685. The summed E-state index contributed by atoms with van der Waals surface area (Å²) in [7, 11) is 0. The van der Waals surface area contributed by atoms with Crippen LogP contribution in [-0.2, 0) is 27.2 Å². The highest BCUT2D eigenvalue weighted by Gasteiger charge is 2.56. The van der Waals surface area contributed by atoms with Gasteiger partial charge in [0.2, 0.25) is 0 Å². The first kappa shape index (κ1) is 19.3. The van der Waals surface area contributed by atoms with Crippen molar-refractivity contribution in [2.75, 3.05) is 5.88 Å². The largest absolute Gasteiger partial charge is 0.347 e. The molecule has 28 heavy (non-hydrogen) atoms. The van der Waals surface area contributed by atoms with E-state index in [0.29, 0.717) is 12.4 Å². The van der Waals surface area contributed by atoms with Crippen molar-refractivity contribution >= 4 is 11.6 Å². The molecule has 2 aliphatic heterocycles. The van der Waals surface area contributed by atoms with Crippen molar-refractivity contribution in [3.8, 4) is 0 Å². The Morgan fingerprint density at radius 2 is 2.07 bits per heavy atom. The molecule has 0 saturated carbocycles. The van der Waals surface area contributed by atoms with Crippen molar-refractivity contribution in [1.29, 1.82) is 0 Å². The van der Waals surface area contributed by atoms with Gasteiger partial charge in [0.1, 0.15) is 18.3 Å². The van der Waals surface area contributed by atoms with Crippen LogP contribution in [0.15, 0.2) is 28.0 Å². The van der Waals surface area contributed by atoms with Crippen LogP contribution in [0, 0.1) is 0 Å². The molecule has 11 heteroatoms. The first-order valence-electron chi connectivity index (χ1n) is 9.14. The van der Waals surface area contributed by atoms with Crippen molar-refractivity contribution < 1.29 is 14.2 Å². The van der Waals surface area contributed by atoms with E-state index < -0.39 is 41.6 Å². The summed E-state index contributed by atoms with van der Waals surface area (Å²) in [4.78, 5) is 25.9. The lowest BCUT2D eigenvalue weighted by atomic mass is 10.1. The van der Waals surface area contributed by atoms with E-state index >= 15 is 0 Å². The number of nitrogens with one attached hydrogen (secondary N) is 1. The van der Waals surface area contributed by atoms with Crippen LogP contribution in [-0.4, -0.2) is 54.5 Å². The van der Waals surface area contributed by atoms with Gasteiger partial charge >= 0.3 is 5.69 Å². The molecule has 0 bridgehead atoms. The highest BCUT2D eigenvalue weighted by molar-refractivity contribution is 6.17. The van der Waals surface area contributed by atoms with E-state index in [9.17, 15) is 9.59 Å². The number of ether oxygens (including phenoxy) is 3. The minimum Gasteiger partial charge on any atom is -0.347 e. The molecule has 10 nitrogen and oxygen atoms in total. The van der Waals surface area contributed by atoms with Crippen LogP contribution >= 0.6 is 11.6 Å². The molecule has 152 valence electrons. The van der Waals surface area contributed by atoms with Crippen LogP contribution < -0.4 is 11.2 Å². The summed E-state index contributed by atoms with van der Waals surface area (Å²) in [5.41, 5.74) is -0.176. The fraction of sp³-hybridized carbons (Fsp3) is 0.647. The summed E-state index contributed by atoms with van der Waals surface area (Å²) < 4.78 is 21.1. The molecule has 2 aromatic heterocycles. The van der Waals surface area contributed by atoms with Crippen molar-refractivity contribution in [2.45, 2.75) is 63.6 Å². The third-order valence-corrected chi connectivity index (χ3v) is 5.04. The SMILES string of the molecule is CC1(C)O[C@@H]2[C@H](O1)[C@@H](Cn1cc(CCCCl)nn1)O[C@H]2n1ccc(=O)[nH]c1=O. The molecule has 4 rings (SSSR count). The average Bonchev–Trinajstić information content (AvgIpc) is 3.28. The van der Waals surface area contributed by atoms with Gasteiger partial charge in [-0.15, -0.1) is 16.7 Å². The minimum absolute atomic E-state index is 0.392. The van der Waals surface area contributed by atoms with Gasteiger partial charge in [-0.2, -0.15) is 0 Å². The fourth-order valence-electron chi connectivity index (χ4n) is 3.63. The Labute approximate surface area is 165 Å². The van der Waals surface area contributed by atoms with Gasteiger partial charge in [0.25, 0.3) is 5.56 Å². The lowest BCUT2D eigenvalue weighted by Crippen LogP contribution is -2.37. The molecule has 0 radical (unpaired) electrons. The molecule has 2 saturated heterocycles. The maximum Gasteiger partial charge on any atom is 0.330 e. The van der Waals surface area contributed by atoms with Crippen LogP contribution in [0.25, 0.3) is 0 Å². The fourth-order valence-corrected chi connectivity index (χ4v) is 3.77. The molecule has 0 aromatic carbocycles. The van der Waals surface area contributed by atoms with Crippen LogP contribution in [0.2, 0.25) is 0 Å². The number of nitrogens with zero attached hydrogens (tertiary/aromatic N) is 4. The number of fused-ring (bicyclic) bond motifs is 1. The van der Waals surface area contributed by atoms with E-state index in [4.69, 9.17) is 25.8 Å². The molecule has 0 unspecified atom stereocenters. The maximum atomic E-state index is 12.2. The Hall–Kier alpha value is -2.01. The Bertz CT molecular complexity index is 954. The third-order valence-electron chi connectivity index (χ3n) is 4.77. The van der Waals surface area contributed by atoms with E-state index in [1.807, 2.05) is 20.0 Å². The van der Waals surface area contributed by atoms with Gasteiger partial charge < -0.3 is 14.2 Å². The molecule has 4 heterocycles. The topological polar surface area (TPSA) is 113 Å². The molecule has 2 fully saturated rings. The third kappa shape index (κ3) is 3.77. The van der Waals surface area contributed by atoms with Crippen LogP contribution in [0.3, 0.4) is 0 Å². The van der Waals surface area contributed by atoms with Crippen molar-refractivity contribution in [1.82, 2.24) is 24.5 Å². The number of rotatable bonds is 6. The van der Waals surface area contributed by atoms with E-state index in [-0.39, 0.29) is 0 Å². The second-order valence-corrected chi connectivity index (χ2v) is 7.75. The number of hydrogen-bond acceptors (Lipinski definition) is 7. The number of halogens is 1. The summed E-state index contributed by atoms with van der Waals surface area (Å²) in [6.45, 7) is 4.02. The molecule has 2 aromatic rings. The number of aryl methyl sites for hydroxylation is 1. The van der Waals surface area contributed by atoms with Gasteiger partial charge in [-0.3, -0.25) is 14.3 Å². The molecule has 4 atom stereocenters. The summed E-state index contributed by atoms with van der Waals surface area (Å²) in [6, 6.07) is 1.27. The van der Waals surface area contributed by atoms with E-state index in [2.05, 4.69) is 15.3 Å². The molecule has 0 amide bonds. The van der Waals surface area contributed by atoms with Crippen molar-refractivity contribution in [3.63, 3.8) is 0 Å². The number of aromatic nitrogens is 5. The van der Waals surface area contributed by atoms with Crippen molar-refractivity contribution in [3.05, 3.63) is 45.0 Å². The Morgan fingerprint density at radius 3 is 2.82 bits per heavy atom. The van der Waals surface area contributed by atoms with Crippen molar-refractivity contribution in [2.24, 2.45) is 0 Å². The molecular formula is C17H22ClN5O5. The number of alkyl halides is 1. The predicted molar refractivity (Wildman–Crippen MR) is 98.1 cm³/mol. The number of H-pyrrole nitrogens is 1. The van der Waals surface area contributed by atoms with E-state index in [1.165, 1.54) is 16.8 Å². The highest BCUT2D eigenvalue weighted by atomic mass is 35.5. The number of aromatic amines is 1. The normalized spacial score (nSPS) is 28.5. The van der Waals surface area contributed by atoms with Crippen LogP contribution in [0.1, 0.15) is 32.2 Å². The zero-order chi connectivity index (χ0) is 19.9. The summed E-state index contributed by atoms with van der Waals surface area (Å²) >= 11 is 5.72. The standard InChI is InChI=1S/C17H22ClN5O5/c1-17(2)27-13-11(9-22-8-10(20-21-22)4-3-6-18)26-15(14(13)28-17)23-7-5-12(24)19-16(23)25/h5,7-8,11,13-15H,3-4,6,9H2,1-2H3,(H,19,24,25)/t11-,13-,14-,15-/m1/s1. The summed E-state index contributed by atoms with van der Waals surface area (Å²) in [6.07, 6.45) is 2.82. The van der Waals surface area contributed by atoms with Gasteiger partial charge in [0, 0.05) is 24.3 Å². The van der Waals surface area contributed by atoms with Gasteiger partial charge in [-0.25, -0.2) is 9.48 Å². The first-order valence-corrected chi connectivity index (χ1v) is 9.67. The van der Waals surface area contributed by atoms with Gasteiger partial charge in [0.05, 0.1) is 12.2 Å². The van der Waals surface area contributed by atoms with E-state index in [0.717, 1.165) is 18.5 Å². The number of hydrogen-bond donors (Lipinski definition) is 1. The summed E-state index contributed by atoms with van der Waals surface area (Å²) in [5.74, 6) is -0.243. The Kier molecular flexibility index (Phi) is 5.13. The minimum atomic E-state index is -0.810. The maximum absolute atomic E-state index is 12.2. The molecule has 1 N–H and O–H groups in total. The molecule has 2 aliphatic rings. The Balaban J connectivity index is 1.57. The lowest BCUT2D eigenvalue weighted by Gasteiger charge is -2.24. The van der Waals surface area contributed by atoms with Gasteiger partial charge in [-0.05, 0) is 26.7 Å². The molecule has 0 spiro atoms. The lowest BCUT2D eigenvalue weighted by molar-refractivity contribution is -0.198. The second kappa shape index (κ2) is 7.43.